The first-order valence-electron chi connectivity index (χ1n) is 10.9. The molecule has 0 radical (unpaired) electrons. The number of benzene rings is 1. The molecule has 2 N–H and O–H groups in total. The maximum absolute atomic E-state index is 13.2. The smallest absolute Gasteiger partial charge is 0.301 e. The van der Waals surface area contributed by atoms with E-state index in [1.165, 1.54) is 14.1 Å². The van der Waals surface area contributed by atoms with Gasteiger partial charge in [-0.3, -0.25) is 9.52 Å². The number of anilines is 1. The lowest BCUT2D eigenvalue weighted by atomic mass is 9.95. The summed E-state index contributed by atoms with van der Waals surface area (Å²) in [5, 5.41) is 5.09. The van der Waals surface area contributed by atoms with Gasteiger partial charge in [0.2, 0.25) is 0 Å². The Morgan fingerprint density at radius 1 is 1.15 bits per heavy atom. The number of aromatic nitrogens is 1. The molecule has 0 saturated carbocycles. The van der Waals surface area contributed by atoms with Gasteiger partial charge in [-0.25, -0.2) is 0 Å². The molecular weight excluding hydrogens is 456 g/mol. The number of hydrogen-bond acceptors (Lipinski definition) is 4. The fourth-order valence-electron chi connectivity index (χ4n) is 3.87. The second kappa shape index (κ2) is 8.62. The number of nitrogens with one attached hydrogen (secondary N) is 2. The van der Waals surface area contributed by atoms with E-state index in [2.05, 4.69) is 35.4 Å². The first-order valence-corrected chi connectivity index (χ1v) is 13.2. The standard InChI is InChI=1S/C24H30N4O3S2/c1-24(2,3)15-25-23(29)20-14-19(21-7-6-12-32-21)22-18-13-17(26-33(30,31)27(4)5)9-8-16(18)10-11-28(20)22/h6-9,12-14,26H,10-11,15H2,1-5H3,(H,25,29). The molecule has 0 unspecified atom stereocenters. The van der Waals surface area contributed by atoms with Crippen molar-refractivity contribution < 1.29 is 13.2 Å². The summed E-state index contributed by atoms with van der Waals surface area (Å²) >= 11 is 1.62. The lowest BCUT2D eigenvalue weighted by Gasteiger charge is -2.24. The Hall–Kier alpha value is -2.62. The maximum atomic E-state index is 13.2. The van der Waals surface area contributed by atoms with Gasteiger partial charge in [-0.15, -0.1) is 11.3 Å². The minimum Gasteiger partial charge on any atom is -0.350 e. The number of carbonyl (C=O) groups excluding carboxylic acids is 1. The Morgan fingerprint density at radius 3 is 2.55 bits per heavy atom. The largest absolute Gasteiger partial charge is 0.350 e. The Kier molecular flexibility index (Phi) is 6.15. The van der Waals surface area contributed by atoms with Gasteiger partial charge >= 0.3 is 10.2 Å². The summed E-state index contributed by atoms with van der Waals surface area (Å²) in [7, 11) is -0.645. The normalized spacial score (nSPS) is 13.5. The van der Waals surface area contributed by atoms with Crippen molar-refractivity contribution in [3.05, 3.63) is 53.0 Å². The lowest BCUT2D eigenvalue weighted by molar-refractivity contribution is 0.0930. The van der Waals surface area contributed by atoms with Gasteiger partial charge in [0.15, 0.2) is 0 Å². The highest BCUT2D eigenvalue weighted by Crippen LogP contribution is 2.42. The summed E-state index contributed by atoms with van der Waals surface area (Å²) in [4.78, 5) is 14.2. The topological polar surface area (TPSA) is 83.4 Å². The minimum absolute atomic E-state index is 0.0192. The quantitative estimate of drug-likeness (QED) is 0.541. The number of hydrogen-bond donors (Lipinski definition) is 2. The van der Waals surface area contributed by atoms with Crippen molar-refractivity contribution in [1.29, 1.82) is 0 Å². The van der Waals surface area contributed by atoms with Crippen LogP contribution < -0.4 is 10.0 Å². The second-order valence-electron chi connectivity index (χ2n) is 9.68. The molecule has 2 aromatic heterocycles. The van der Waals surface area contributed by atoms with Crippen molar-refractivity contribution in [1.82, 2.24) is 14.2 Å². The van der Waals surface area contributed by atoms with E-state index in [9.17, 15) is 13.2 Å². The van der Waals surface area contributed by atoms with Gasteiger partial charge in [-0.1, -0.05) is 32.9 Å². The minimum atomic E-state index is -3.62. The van der Waals surface area contributed by atoms with Crippen LogP contribution in [0, 0.1) is 5.41 Å². The Balaban J connectivity index is 1.82. The molecule has 0 spiro atoms. The van der Waals surface area contributed by atoms with Crippen LogP contribution in [0.15, 0.2) is 41.8 Å². The van der Waals surface area contributed by atoms with Crippen molar-refractivity contribution in [2.24, 2.45) is 5.41 Å². The molecule has 1 aromatic carbocycles. The van der Waals surface area contributed by atoms with Gasteiger partial charge < -0.3 is 9.88 Å². The third kappa shape index (κ3) is 4.85. The van der Waals surface area contributed by atoms with E-state index in [1.54, 1.807) is 17.4 Å². The number of nitrogens with zero attached hydrogens (tertiary/aromatic N) is 2. The van der Waals surface area contributed by atoms with Crippen molar-refractivity contribution in [2.45, 2.75) is 33.7 Å². The molecule has 4 rings (SSSR count). The van der Waals surface area contributed by atoms with Crippen molar-refractivity contribution in [3.63, 3.8) is 0 Å². The molecule has 1 aliphatic heterocycles. The fourth-order valence-corrected chi connectivity index (χ4v) is 5.22. The number of thiophene rings is 1. The van der Waals surface area contributed by atoms with Gasteiger partial charge in [-0.2, -0.15) is 12.7 Å². The predicted octanol–water partition coefficient (Wildman–Crippen LogP) is 4.43. The van der Waals surface area contributed by atoms with E-state index in [-0.39, 0.29) is 11.3 Å². The van der Waals surface area contributed by atoms with Gasteiger partial charge in [-0.05, 0) is 47.0 Å². The molecule has 176 valence electrons. The third-order valence-corrected chi connectivity index (χ3v) is 7.95. The van der Waals surface area contributed by atoms with Crippen molar-refractivity contribution in [3.8, 4) is 21.7 Å². The Morgan fingerprint density at radius 2 is 1.91 bits per heavy atom. The Labute approximate surface area is 199 Å². The Bertz CT molecular complexity index is 1280. The number of amides is 1. The number of carbonyl (C=O) groups is 1. The molecule has 7 nitrogen and oxygen atoms in total. The van der Waals surface area contributed by atoms with Crippen LogP contribution >= 0.6 is 11.3 Å². The van der Waals surface area contributed by atoms with E-state index < -0.39 is 10.2 Å². The van der Waals surface area contributed by atoms with Crippen LogP contribution in [-0.2, 0) is 23.2 Å². The predicted molar refractivity (Wildman–Crippen MR) is 135 cm³/mol. The van der Waals surface area contributed by atoms with Crippen LogP contribution in [0.5, 0.6) is 0 Å². The molecule has 0 aliphatic carbocycles. The van der Waals surface area contributed by atoms with Gasteiger partial charge in [0.05, 0.1) is 11.4 Å². The van der Waals surface area contributed by atoms with Gasteiger partial charge in [0.25, 0.3) is 5.91 Å². The first kappa shape index (κ1) is 23.5. The van der Waals surface area contributed by atoms with E-state index in [1.807, 2.05) is 35.7 Å². The van der Waals surface area contributed by atoms with Crippen LogP contribution in [0.1, 0.15) is 36.8 Å². The van der Waals surface area contributed by atoms with Crippen LogP contribution in [0.2, 0.25) is 0 Å². The summed E-state index contributed by atoms with van der Waals surface area (Å²) in [5.74, 6) is -0.0955. The van der Waals surface area contributed by atoms with Crippen molar-refractivity contribution >= 4 is 33.1 Å². The highest BCUT2D eigenvalue weighted by Gasteiger charge is 2.28. The zero-order valence-corrected chi connectivity index (χ0v) is 21.2. The molecule has 0 bridgehead atoms. The van der Waals surface area contributed by atoms with Crippen LogP contribution in [-0.4, -0.2) is 43.8 Å². The third-order valence-electron chi connectivity index (χ3n) is 5.59. The summed E-state index contributed by atoms with van der Waals surface area (Å²) in [6, 6.07) is 11.6. The van der Waals surface area contributed by atoms with Crippen LogP contribution in [0.25, 0.3) is 21.7 Å². The molecular formula is C24H30N4O3S2. The highest BCUT2D eigenvalue weighted by atomic mass is 32.2. The van der Waals surface area contributed by atoms with E-state index >= 15 is 0 Å². The van der Waals surface area contributed by atoms with Gasteiger partial charge in [0, 0.05) is 43.2 Å². The molecule has 9 heteroatoms. The second-order valence-corrected chi connectivity index (χ2v) is 12.5. The van der Waals surface area contributed by atoms with Crippen LogP contribution in [0.3, 0.4) is 0 Å². The maximum Gasteiger partial charge on any atom is 0.301 e. The highest BCUT2D eigenvalue weighted by molar-refractivity contribution is 7.90. The number of rotatable bonds is 6. The lowest BCUT2D eigenvalue weighted by Crippen LogP contribution is -2.33. The molecule has 1 amide bonds. The molecule has 3 aromatic rings. The molecule has 1 aliphatic rings. The fraction of sp³-hybridized carbons (Fsp3) is 0.375. The molecule has 0 saturated heterocycles. The van der Waals surface area contributed by atoms with E-state index in [0.717, 1.165) is 38.0 Å². The van der Waals surface area contributed by atoms with Crippen molar-refractivity contribution in [2.75, 3.05) is 25.4 Å². The average molecular weight is 487 g/mol. The molecule has 0 fully saturated rings. The summed E-state index contributed by atoms with van der Waals surface area (Å²) in [5.41, 5.74) is 5.11. The summed E-state index contributed by atoms with van der Waals surface area (Å²) in [6.07, 6.45) is 0.765. The SMILES string of the molecule is CN(C)S(=O)(=O)Nc1ccc2c(c1)-c1c(-c3cccs3)cc(C(=O)NCC(C)(C)C)n1CC2. The molecule has 0 atom stereocenters. The summed E-state index contributed by atoms with van der Waals surface area (Å²) < 4.78 is 30.6. The van der Waals surface area contributed by atoms with E-state index in [4.69, 9.17) is 0 Å². The zero-order chi connectivity index (χ0) is 24.0. The zero-order valence-electron chi connectivity index (χ0n) is 19.6. The monoisotopic (exact) mass is 486 g/mol. The number of fused-ring (bicyclic) bond motifs is 3. The van der Waals surface area contributed by atoms with E-state index in [0.29, 0.717) is 24.5 Å². The summed E-state index contributed by atoms with van der Waals surface area (Å²) in [6.45, 7) is 7.53. The molecule has 33 heavy (non-hydrogen) atoms. The first-order chi connectivity index (χ1) is 15.5. The molecule has 3 heterocycles. The van der Waals surface area contributed by atoms with Crippen LogP contribution in [0.4, 0.5) is 5.69 Å². The average Bonchev–Trinajstić information content (AvgIpc) is 3.39. The van der Waals surface area contributed by atoms with Gasteiger partial charge in [0.1, 0.15) is 5.69 Å². The number of aryl methyl sites for hydroxylation is 1.